The van der Waals surface area contributed by atoms with E-state index in [1.54, 1.807) is 44.3 Å². The Morgan fingerprint density at radius 2 is 2.06 bits per heavy atom. The van der Waals surface area contributed by atoms with Crippen LogP contribution in [0.1, 0.15) is 45.0 Å². The Balaban J connectivity index is 1.91. The van der Waals surface area contributed by atoms with E-state index in [9.17, 15) is 9.59 Å². The van der Waals surface area contributed by atoms with Crippen LogP contribution in [-0.4, -0.2) is 34.6 Å². The number of aryl methyl sites for hydroxylation is 1. The molecule has 9 heteroatoms. The van der Waals surface area contributed by atoms with Crippen molar-refractivity contribution < 1.29 is 14.3 Å². The second-order valence-electron chi connectivity index (χ2n) is 7.36. The number of ether oxygens (including phenoxy) is 2. The number of fused-ring (bicyclic) bond motifs is 1. The topological polar surface area (TPSA) is 82.8 Å². The first-order valence-electron chi connectivity index (χ1n) is 10.7. The van der Waals surface area contributed by atoms with Gasteiger partial charge in [-0.05, 0) is 62.2 Å². The fraction of sp³-hybridized carbons (Fsp3) is 0.333. The van der Waals surface area contributed by atoms with Gasteiger partial charge in [-0.2, -0.15) is 9.78 Å². The summed E-state index contributed by atoms with van der Waals surface area (Å²) in [5.74, 6) is 0.489. The van der Waals surface area contributed by atoms with E-state index in [0.717, 1.165) is 17.3 Å². The lowest BCUT2D eigenvalue weighted by Crippen LogP contribution is -2.26. The van der Waals surface area contributed by atoms with E-state index in [4.69, 9.17) is 21.1 Å². The maximum Gasteiger partial charge on any atom is 0.347 e. The van der Waals surface area contributed by atoms with Crippen LogP contribution in [0, 0.1) is 0 Å². The highest BCUT2D eigenvalue weighted by Gasteiger charge is 2.17. The highest BCUT2D eigenvalue weighted by molar-refractivity contribution is 9.10. The van der Waals surface area contributed by atoms with Crippen molar-refractivity contribution in [3.05, 3.63) is 67.6 Å². The van der Waals surface area contributed by atoms with Gasteiger partial charge in [0.15, 0.2) is 6.10 Å². The Morgan fingerprint density at radius 3 is 2.76 bits per heavy atom. The van der Waals surface area contributed by atoms with Crippen LogP contribution >= 0.6 is 27.5 Å². The molecule has 174 valence electrons. The quantitative estimate of drug-likeness (QED) is 0.272. The van der Waals surface area contributed by atoms with Gasteiger partial charge >= 0.3 is 5.97 Å². The Hall–Kier alpha value is -2.71. The van der Waals surface area contributed by atoms with Crippen molar-refractivity contribution in [3.8, 4) is 5.75 Å². The number of aromatic nitrogens is 2. The molecule has 0 aliphatic carbocycles. The van der Waals surface area contributed by atoms with Crippen LogP contribution < -0.4 is 10.3 Å². The zero-order chi connectivity index (χ0) is 24.0. The van der Waals surface area contributed by atoms with Crippen LogP contribution in [0.15, 0.2) is 50.8 Å². The van der Waals surface area contributed by atoms with Crippen LogP contribution in [0.2, 0.25) is 5.02 Å². The predicted molar refractivity (Wildman–Crippen MR) is 133 cm³/mol. The largest absolute Gasteiger partial charge is 0.477 e. The minimum Gasteiger partial charge on any atom is -0.477 e. The molecular formula is C24H25BrClN3O4. The van der Waals surface area contributed by atoms with Gasteiger partial charge < -0.3 is 9.47 Å². The number of unbranched alkanes of at least 4 members (excludes halogenated alkanes) is 1. The summed E-state index contributed by atoms with van der Waals surface area (Å²) in [5.41, 5.74) is 1.07. The van der Waals surface area contributed by atoms with E-state index in [1.165, 1.54) is 4.68 Å². The van der Waals surface area contributed by atoms with Crippen LogP contribution in [0.5, 0.6) is 5.75 Å². The molecule has 0 N–H and O–H groups in total. The highest BCUT2D eigenvalue weighted by atomic mass is 79.9. The molecule has 3 rings (SSSR count). The summed E-state index contributed by atoms with van der Waals surface area (Å²) >= 11 is 9.75. The monoisotopic (exact) mass is 533 g/mol. The van der Waals surface area contributed by atoms with E-state index >= 15 is 0 Å². The molecule has 0 spiro atoms. The summed E-state index contributed by atoms with van der Waals surface area (Å²) < 4.78 is 12.7. The van der Waals surface area contributed by atoms with Gasteiger partial charge in [0.05, 0.1) is 28.7 Å². The molecule has 0 fully saturated rings. The van der Waals surface area contributed by atoms with Gasteiger partial charge in [0.25, 0.3) is 5.56 Å². The number of halogens is 2. The second-order valence-corrected chi connectivity index (χ2v) is 8.68. The molecule has 2 aromatic carbocycles. The molecule has 0 amide bonds. The third kappa shape index (κ3) is 6.21. The van der Waals surface area contributed by atoms with Crippen molar-refractivity contribution in [2.75, 3.05) is 6.61 Å². The Labute approximate surface area is 205 Å². The molecule has 0 bridgehead atoms. The van der Waals surface area contributed by atoms with Gasteiger partial charge in [-0.3, -0.25) is 4.79 Å². The lowest BCUT2D eigenvalue weighted by atomic mass is 10.2. The number of rotatable bonds is 9. The van der Waals surface area contributed by atoms with E-state index < -0.39 is 12.1 Å². The minimum atomic E-state index is -0.787. The second kappa shape index (κ2) is 11.4. The van der Waals surface area contributed by atoms with Crippen molar-refractivity contribution in [2.45, 2.75) is 46.1 Å². The van der Waals surface area contributed by atoms with Crippen LogP contribution in [0.3, 0.4) is 0 Å². The summed E-state index contributed by atoms with van der Waals surface area (Å²) in [7, 11) is 0. The van der Waals surface area contributed by atoms with Crippen molar-refractivity contribution in [3.63, 3.8) is 0 Å². The number of hydrogen-bond donors (Lipinski definition) is 0. The molecule has 0 saturated carbocycles. The van der Waals surface area contributed by atoms with Gasteiger partial charge in [-0.25, -0.2) is 9.78 Å². The number of nitrogens with zero attached hydrogens (tertiary/aromatic N) is 3. The SMILES string of the molecule is CCCCc1nc2ccc(Br)cc2c(=O)n1N=Cc1ccc(O[C@H](C)C(=O)OCC)c(Cl)c1. The smallest absolute Gasteiger partial charge is 0.347 e. The fourth-order valence-electron chi connectivity index (χ4n) is 3.13. The summed E-state index contributed by atoms with van der Waals surface area (Å²) in [4.78, 5) is 29.6. The summed E-state index contributed by atoms with van der Waals surface area (Å²) in [6.07, 6.45) is 3.26. The van der Waals surface area contributed by atoms with Crippen molar-refractivity contribution >= 4 is 50.6 Å². The zero-order valence-corrected chi connectivity index (χ0v) is 21.0. The average Bonchev–Trinajstić information content (AvgIpc) is 2.79. The molecule has 0 saturated heterocycles. The highest BCUT2D eigenvalue weighted by Crippen LogP contribution is 2.26. The third-order valence-corrected chi connectivity index (χ3v) is 5.62. The summed E-state index contributed by atoms with van der Waals surface area (Å²) in [6, 6.07) is 10.5. The number of hydrogen-bond acceptors (Lipinski definition) is 6. The Kier molecular flexibility index (Phi) is 8.63. The van der Waals surface area contributed by atoms with Crippen LogP contribution in [0.4, 0.5) is 0 Å². The van der Waals surface area contributed by atoms with Crippen LogP contribution in [0.25, 0.3) is 10.9 Å². The zero-order valence-electron chi connectivity index (χ0n) is 18.7. The van der Waals surface area contributed by atoms with Crippen molar-refractivity contribution in [2.24, 2.45) is 5.10 Å². The van der Waals surface area contributed by atoms with Crippen molar-refractivity contribution in [1.82, 2.24) is 9.66 Å². The maximum absolute atomic E-state index is 13.1. The Morgan fingerprint density at radius 1 is 1.27 bits per heavy atom. The first kappa shape index (κ1) is 24.9. The van der Waals surface area contributed by atoms with Crippen molar-refractivity contribution in [1.29, 1.82) is 0 Å². The van der Waals surface area contributed by atoms with Gasteiger partial charge in [-0.1, -0.05) is 40.9 Å². The van der Waals surface area contributed by atoms with Gasteiger partial charge in [0, 0.05) is 10.9 Å². The molecule has 0 unspecified atom stereocenters. The fourth-order valence-corrected chi connectivity index (χ4v) is 3.72. The van der Waals surface area contributed by atoms with Gasteiger partial charge in [0.1, 0.15) is 11.6 Å². The number of carbonyl (C=O) groups excluding carboxylic acids is 1. The molecular weight excluding hydrogens is 510 g/mol. The van der Waals surface area contributed by atoms with E-state index in [1.807, 2.05) is 12.1 Å². The normalized spacial score (nSPS) is 12.3. The van der Waals surface area contributed by atoms with Gasteiger partial charge in [0.2, 0.25) is 0 Å². The summed E-state index contributed by atoms with van der Waals surface area (Å²) in [6.45, 7) is 5.68. The van der Waals surface area contributed by atoms with E-state index in [0.29, 0.717) is 39.5 Å². The van der Waals surface area contributed by atoms with Gasteiger partial charge in [-0.15, -0.1) is 0 Å². The summed E-state index contributed by atoms with van der Waals surface area (Å²) in [5, 5.41) is 5.22. The lowest BCUT2D eigenvalue weighted by molar-refractivity contribution is -0.150. The maximum atomic E-state index is 13.1. The minimum absolute atomic E-state index is 0.238. The standard InChI is InChI=1S/C24H25BrClN3O4/c1-4-6-7-22-28-20-10-9-17(25)13-18(20)23(30)29(22)27-14-16-8-11-21(19(26)12-16)33-15(3)24(31)32-5-2/h8-15H,4-7H2,1-3H3/t15-/m1/s1. The molecule has 1 heterocycles. The number of carbonyl (C=O) groups is 1. The predicted octanol–water partition coefficient (Wildman–Crippen LogP) is 5.37. The molecule has 3 aromatic rings. The number of esters is 1. The molecule has 0 aliphatic rings. The lowest BCUT2D eigenvalue weighted by Gasteiger charge is -2.14. The van der Waals surface area contributed by atoms with E-state index in [-0.39, 0.29) is 12.2 Å². The Bertz CT molecular complexity index is 1240. The molecule has 33 heavy (non-hydrogen) atoms. The molecule has 0 radical (unpaired) electrons. The number of benzene rings is 2. The first-order valence-corrected chi connectivity index (χ1v) is 11.9. The molecule has 7 nitrogen and oxygen atoms in total. The molecule has 1 atom stereocenters. The third-order valence-electron chi connectivity index (χ3n) is 4.83. The molecule has 0 aliphatic heterocycles. The molecule has 1 aromatic heterocycles. The van der Waals surface area contributed by atoms with E-state index in [2.05, 4.69) is 32.9 Å². The average molecular weight is 535 g/mol. The first-order chi connectivity index (χ1) is 15.8. The van der Waals surface area contributed by atoms with Crippen LogP contribution in [-0.2, 0) is 16.0 Å².